The van der Waals surface area contributed by atoms with Gasteiger partial charge in [-0.25, -0.2) is 4.98 Å². The van der Waals surface area contributed by atoms with Crippen molar-refractivity contribution >= 4 is 16.8 Å². The van der Waals surface area contributed by atoms with Gasteiger partial charge in [-0.1, -0.05) is 18.2 Å². The Labute approximate surface area is 98.9 Å². The van der Waals surface area contributed by atoms with Crippen molar-refractivity contribution in [1.29, 1.82) is 0 Å². The molecule has 3 aromatic rings. The van der Waals surface area contributed by atoms with Crippen molar-refractivity contribution in [1.82, 2.24) is 4.98 Å². The smallest absolute Gasteiger partial charge is 0.229 e. The van der Waals surface area contributed by atoms with Crippen LogP contribution in [0.4, 0.5) is 5.69 Å². The molecule has 3 heteroatoms. The molecule has 0 aliphatic rings. The Morgan fingerprint density at radius 1 is 1.12 bits per heavy atom. The van der Waals surface area contributed by atoms with Crippen molar-refractivity contribution in [3.8, 4) is 11.5 Å². The summed E-state index contributed by atoms with van der Waals surface area (Å²) in [6.07, 6.45) is 0. The van der Waals surface area contributed by atoms with Crippen LogP contribution in [0.25, 0.3) is 22.6 Å². The van der Waals surface area contributed by atoms with Gasteiger partial charge in [-0.2, -0.15) is 0 Å². The van der Waals surface area contributed by atoms with Crippen LogP contribution < -0.4 is 5.73 Å². The van der Waals surface area contributed by atoms with Crippen LogP contribution in [0.15, 0.2) is 46.9 Å². The van der Waals surface area contributed by atoms with E-state index in [-0.39, 0.29) is 0 Å². The largest absolute Gasteiger partial charge is 0.436 e. The fourth-order valence-electron chi connectivity index (χ4n) is 1.84. The van der Waals surface area contributed by atoms with E-state index in [2.05, 4.69) is 4.98 Å². The van der Waals surface area contributed by atoms with Gasteiger partial charge >= 0.3 is 0 Å². The summed E-state index contributed by atoms with van der Waals surface area (Å²) in [6.45, 7) is 2.03. The number of oxazole rings is 1. The minimum atomic E-state index is 0.573. The summed E-state index contributed by atoms with van der Waals surface area (Å²) >= 11 is 0. The molecule has 0 unspecified atom stereocenters. The first-order valence-electron chi connectivity index (χ1n) is 5.46. The molecule has 1 heterocycles. The quantitative estimate of drug-likeness (QED) is 0.644. The lowest BCUT2D eigenvalue weighted by Crippen LogP contribution is -1.88. The van der Waals surface area contributed by atoms with Gasteiger partial charge in [0.05, 0.1) is 5.56 Å². The Balaban J connectivity index is 2.22. The lowest BCUT2D eigenvalue weighted by Gasteiger charge is -1.98. The van der Waals surface area contributed by atoms with Crippen molar-refractivity contribution in [3.05, 3.63) is 48.0 Å². The number of nitrogen functional groups attached to an aromatic ring is 1. The van der Waals surface area contributed by atoms with Crippen molar-refractivity contribution in [3.63, 3.8) is 0 Å². The highest BCUT2D eigenvalue weighted by molar-refractivity contribution is 5.79. The Hall–Kier alpha value is -2.29. The van der Waals surface area contributed by atoms with Gasteiger partial charge in [-0.05, 0) is 36.8 Å². The molecule has 0 saturated heterocycles. The van der Waals surface area contributed by atoms with E-state index in [1.807, 2.05) is 49.4 Å². The number of benzene rings is 2. The number of nitrogens with zero attached hydrogens (tertiary/aromatic N) is 1. The van der Waals surface area contributed by atoms with Gasteiger partial charge in [-0.3, -0.25) is 0 Å². The molecule has 2 aromatic carbocycles. The maximum absolute atomic E-state index is 5.90. The van der Waals surface area contributed by atoms with E-state index in [0.717, 1.165) is 16.7 Å². The first-order chi connectivity index (χ1) is 8.24. The number of hydrogen-bond donors (Lipinski definition) is 1. The molecule has 3 nitrogen and oxygen atoms in total. The number of aryl methyl sites for hydroxylation is 1. The number of fused-ring (bicyclic) bond motifs is 1. The number of aromatic nitrogens is 1. The molecule has 2 N–H and O–H groups in total. The standard InChI is InChI=1S/C14H12N2O/c1-9-6-7-13-12(8-9)16-14(17-13)10-4-2-3-5-11(10)15/h2-8H,15H2,1H3. The molecule has 0 aliphatic carbocycles. The zero-order valence-corrected chi connectivity index (χ0v) is 9.47. The fourth-order valence-corrected chi connectivity index (χ4v) is 1.84. The highest BCUT2D eigenvalue weighted by Crippen LogP contribution is 2.28. The summed E-state index contributed by atoms with van der Waals surface area (Å²) in [7, 11) is 0. The third kappa shape index (κ3) is 1.65. The lowest BCUT2D eigenvalue weighted by atomic mass is 10.2. The van der Waals surface area contributed by atoms with Crippen molar-refractivity contribution < 1.29 is 4.42 Å². The van der Waals surface area contributed by atoms with E-state index < -0.39 is 0 Å². The molecule has 0 bridgehead atoms. The van der Waals surface area contributed by atoms with Gasteiger partial charge in [0.25, 0.3) is 0 Å². The zero-order valence-electron chi connectivity index (χ0n) is 9.47. The first kappa shape index (κ1) is 9.90. The highest BCUT2D eigenvalue weighted by atomic mass is 16.3. The summed E-state index contributed by atoms with van der Waals surface area (Å²) in [5.41, 5.74) is 10.2. The second kappa shape index (κ2) is 3.63. The maximum Gasteiger partial charge on any atom is 0.229 e. The van der Waals surface area contributed by atoms with Crippen LogP contribution in [0.1, 0.15) is 5.56 Å². The molecular weight excluding hydrogens is 212 g/mol. The van der Waals surface area contributed by atoms with Crippen LogP contribution in [0.2, 0.25) is 0 Å². The maximum atomic E-state index is 5.90. The van der Waals surface area contributed by atoms with E-state index >= 15 is 0 Å². The SMILES string of the molecule is Cc1ccc2oc(-c3ccccc3N)nc2c1. The Morgan fingerprint density at radius 3 is 2.76 bits per heavy atom. The highest BCUT2D eigenvalue weighted by Gasteiger charge is 2.10. The third-order valence-electron chi connectivity index (χ3n) is 2.73. The molecule has 0 amide bonds. The summed E-state index contributed by atoms with van der Waals surface area (Å²) in [5, 5.41) is 0. The monoisotopic (exact) mass is 224 g/mol. The van der Waals surface area contributed by atoms with E-state index in [1.54, 1.807) is 0 Å². The molecule has 3 rings (SSSR count). The number of nitrogens with two attached hydrogens (primary N) is 1. The van der Waals surface area contributed by atoms with Crippen LogP contribution in [0.5, 0.6) is 0 Å². The second-order valence-corrected chi connectivity index (χ2v) is 4.08. The van der Waals surface area contributed by atoms with Crippen LogP contribution in [-0.4, -0.2) is 4.98 Å². The second-order valence-electron chi connectivity index (χ2n) is 4.08. The number of para-hydroxylation sites is 1. The first-order valence-corrected chi connectivity index (χ1v) is 5.46. The predicted octanol–water partition coefficient (Wildman–Crippen LogP) is 3.39. The predicted molar refractivity (Wildman–Crippen MR) is 68.6 cm³/mol. The molecule has 0 aliphatic heterocycles. The topological polar surface area (TPSA) is 52.0 Å². The minimum Gasteiger partial charge on any atom is -0.436 e. The molecule has 0 spiro atoms. The van der Waals surface area contributed by atoms with Crippen LogP contribution in [0.3, 0.4) is 0 Å². The normalized spacial score (nSPS) is 10.9. The fraction of sp³-hybridized carbons (Fsp3) is 0.0714. The van der Waals surface area contributed by atoms with Crippen LogP contribution in [0, 0.1) is 6.92 Å². The Morgan fingerprint density at radius 2 is 1.94 bits per heavy atom. The van der Waals surface area contributed by atoms with Crippen molar-refractivity contribution in [2.24, 2.45) is 0 Å². The summed E-state index contributed by atoms with van der Waals surface area (Å²) in [6, 6.07) is 13.5. The van der Waals surface area contributed by atoms with Gasteiger partial charge in [0.2, 0.25) is 5.89 Å². The molecule has 84 valence electrons. The molecule has 0 saturated carbocycles. The number of hydrogen-bond acceptors (Lipinski definition) is 3. The van der Waals surface area contributed by atoms with Crippen molar-refractivity contribution in [2.75, 3.05) is 5.73 Å². The summed E-state index contributed by atoms with van der Waals surface area (Å²) < 4.78 is 5.70. The molecule has 1 aromatic heterocycles. The summed E-state index contributed by atoms with van der Waals surface area (Å²) in [4.78, 5) is 4.46. The number of rotatable bonds is 1. The van der Waals surface area contributed by atoms with E-state index in [1.165, 1.54) is 5.56 Å². The van der Waals surface area contributed by atoms with E-state index in [0.29, 0.717) is 11.6 Å². The van der Waals surface area contributed by atoms with Crippen LogP contribution >= 0.6 is 0 Å². The average Bonchev–Trinajstić information content (AvgIpc) is 2.72. The van der Waals surface area contributed by atoms with Gasteiger partial charge in [-0.15, -0.1) is 0 Å². The van der Waals surface area contributed by atoms with E-state index in [4.69, 9.17) is 10.2 Å². The van der Waals surface area contributed by atoms with Gasteiger partial charge in [0, 0.05) is 5.69 Å². The van der Waals surface area contributed by atoms with Crippen LogP contribution in [-0.2, 0) is 0 Å². The zero-order chi connectivity index (χ0) is 11.8. The Kier molecular flexibility index (Phi) is 2.11. The van der Waals surface area contributed by atoms with E-state index in [9.17, 15) is 0 Å². The van der Waals surface area contributed by atoms with Crippen molar-refractivity contribution in [2.45, 2.75) is 6.92 Å². The third-order valence-corrected chi connectivity index (χ3v) is 2.73. The lowest BCUT2D eigenvalue weighted by molar-refractivity contribution is 0.620. The molecule has 0 fully saturated rings. The van der Waals surface area contributed by atoms with Gasteiger partial charge in [0.1, 0.15) is 5.52 Å². The minimum absolute atomic E-state index is 0.573. The Bertz CT molecular complexity index is 686. The average molecular weight is 224 g/mol. The molecule has 0 radical (unpaired) electrons. The van der Waals surface area contributed by atoms with Gasteiger partial charge in [0.15, 0.2) is 5.58 Å². The van der Waals surface area contributed by atoms with Gasteiger partial charge < -0.3 is 10.2 Å². The molecular formula is C14H12N2O. The number of anilines is 1. The molecule has 17 heavy (non-hydrogen) atoms. The molecule has 0 atom stereocenters. The summed E-state index contributed by atoms with van der Waals surface area (Å²) in [5.74, 6) is 0.573.